The standard InChI is InChI=1S/C19H20N2O3/c1-5-14-13-7-6-8-20-16(13)11-15(21-14)12-9-17(22-2)19(24-4)18(10-12)23-3/h6-11H,5H2,1-4H3. The molecule has 0 bridgehead atoms. The molecule has 0 atom stereocenters. The van der Waals surface area contributed by atoms with E-state index in [4.69, 9.17) is 19.2 Å². The van der Waals surface area contributed by atoms with E-state index in [9.17, 15) is 0 Å². The van der Waals surface area contributed by atoms with E-state index in [1.54, 1.807) is 27.5 Å². The SMILES string of the molecule is CCc1nc(-c2cc(OC)c(OC)c(OC)c2)cc2ncccc12. The van der Waals surface area contributed by atoms with E-state index in [0.29, 0.717) is 17.2 Å². The van der Waals surface area contributed by atoms with Crippen molar-refractivity contribution in [3.63, 3.8) is 0 Å². The van der Waals surface area contributed by atoms with Crippen LogP contribution in [0.15, 0.2) is 36.5 Å². The first kappa shape index (κ1) is 16.1. The zero-order valence-electron chi connectivity index (χ0n) is 14.3. The van der Waals surface area contributed by atoms with Crippen molar-refractivity contribution in [2.24, 2.45) is 0 Å². The minimum absolute atomic E-state index is 0.568. The summed E-state index contributed by atoms with van der Waals surface area (Å²) < 4.78 is 16.3. The van der Waals surface area contributed by atoms with Crippen molar-refractivity contribution in [3.05, 3.63) is 42.2 Å². The summed E-state index contributed by atoms with van der Waals surface area (Å²) >= 11 is 0. The molecule has 3 rings (SSSR count). The highest BCUT2D eigenvalue weighted by Crippen LogP contribution is 2.41. The molecule has 0 saturated carbocycles. The first-order valence-electron chi connectivity index (χ1n) is 7.76. The van der Waals surface area contributed by atoms with Gasteiger partial charge in [0.05, 0.1) is 38.2 Å². The Labute approximate surface area is 141 Å². The third-order valence-electron chi connectivity index (χ3n) is 3.97. The number of hydrogen-bond acceptors (Lipinski definition) is 5. The Morgan fingerprint density at radius 1 is 0.958 bits per heavy atom. The molecule has 0 fully saturated rings. The number of pyridine rings is 2. The summed E-state index contributed by atoms with van der Waals surface area (Å²) in [6.45, 7) is 2.09. The molecule has 1 aromatic carbocycles. The summed E-state index contributed by atoms with van der Waals surface area (Å²) in [6, 6.07) is 9.76. The van der Waals surface area contributed by atoms with Crippen LogP contribution < -0.4 is 14.2 Å². The maximum atomic E-state index is 5.44. The van der Waals surface area contributed by atoms with E-state index in [1.807, 2.05) is 30.3 Å². The lowest BCUT2D eigenvalue weighted by atomic mass is 10.1. The number of hydrogen-bond donors (Lipinski definition) is 0. The Bertz CT molecular complexity index is 853. The Kier molecular flexibility index (Phi) is 4.51. The number of fused-ring (bicyclic) bond motifs is 1. The number of nitrogens with zero attached hydrogens (tertiary/aromatic N) is 2. The van der Waals surface area contributed by atoms with Gasteiger partial charge in [0.1, 0.15) is 0 Å². The molecular formula is C19H20N2O3. The molecule has 0 unspecified atom stereocenters. The second kappa shape index (κ2) is 6.74. The number of aryl methyl sites for hydroxylation is 1. The molecule has 2 heterocycles. The predicted molar refractivity (Wildman–Crippen MR) is 94.0 cm³/mol. The zero-order chi connectivity index (χ0) is 17.1. The number of ether oxygens (including phenoxy) is 3. The normalized spacial score (nSPS) is 10.7. The van der Waals surface area contributed by atoms with Gasteiger partial charge in [-0.2, -0.15) is 0 Å². The van der Waals surface area contributed by atoms with Gasteiger partial charge in [0.15, 0.2) is 11.5 Å². The molecule has 0 spiro atoms. The first-order valence-corrected chi connectivity index (χ1v) is 7.76. The number of benzene rings is 1. The summed E-state index contributed by atoms with van der Waals surface area (Å²) in [5.41, 5.74) is 3.67. The largest absolute Gasteiger partial charge is 0.493 e. The first-order chi connectivity index (χ1) is 11.7. The Morgan fingerprint density at radius 2 is 1.67 bits per heavy atom. The molecule has 24 heavy (non-hydrogen) atoms. The molecule has 0 radical (unpaired) electrons. The molecule has 5 heteroatoms. The van der Waals surface area contributed by atoms with E-state index >= 15 is 0 Å². The minimum Gasteiger partial charge on any atom is -0.493 e. The molecule has 2 aromatic heterocycles. The molecule has 0 saturated heterocycles. The molecule has 0 amide bonds. The lowest BCUT2D eigenvalue weighted by Gasteiger charge is -2.14. The fourth-order valence-electron chi connectivity index (χ4n) is 2.79. The number of methoxy groups -OCH3 is 3. The highest BCUT2D eigenvalue weighted by Gasteiger charge is 2.16. The van der Waals surface area contributed by atoms with Gasteiger partial charge in [-0.15, -0.1) is 0 Å². The van der Waals surface area contributed by atoms with Crippen molar-refractivity contribution in [2.45, 2.75) is 13.3 Å². The van der Waals surface area contributed by atoms with E-state index in [2.05, 4.69) is 11.9 Å². The van der Waals surface area contributed by atoms with Gasteiger partial charge in [-0.25, -0.2) is 0 Å². The highest BCUT2D eigenvalue weighted by atomic mass is 16.5. The van der Waals surface area contributed by atoms with Gasteiger partial charge in [-0.1, -0.05) is 6.92 Å². The van der Waals surface area contributed by atoms with Crippen molar-refractivity contribution in [3.8, 4) is 28.5 Å². The average molecular weight is 324 g/mol. The van der Waals surface area contributed by atoms with Crippen LogP contribution in [0.4, 0.5) is 0 Å². The zero-order valence-corrected chi connectivity index (χ0v) is 14.3. The van der Waals surface area contributed by atoms with Gasteiger partial charge in [0.2, 0.25) is 5.75 Å². The van der Waals surface area contributed by atoms with Crippen molar-refractivity contribution in [1.29, 1.82) is 0 Å². The Balaban J connectivity index is 2.23. The molecular weight excluding hydrogens is 304 g/mol. The van der Waals surface area contributed by atoms with Crippen LogP contribution in [0.3, 0.4) is 0 Å². The maximum Gasteiger partial charge on any atom is 0.203 e. The highest BCUT2D eigenvalue weighted by molar-refractivity contribution is 5.85. The van der Waals surface area contributed by atoms with E-state index in [0.717, 1.165) is 34.3 Å². The molecule has 0 aliphatic rings. The van der Waals surface area contributed by atoms with E-state index in [-0.39, 0.29) is 0 Å². The van der Waals surface area contributed by atoms with Gasteiger partial charge < -0.3 is 14.2 Å². The molecule has 124 valence electrons. The molecule has 3 aromatic rings. The summed E-state index contributed by atoms with van der Waals surface area (Å²) in [5.74, 6) is 1.78. The lowest BCUT2D eigenvalue weighted by Crippen LogP contribution is -1.98. The Morgan fingerprint density at radius 3 is 2.25 bits per heavy atom. The van der Waals surface area contributed by atoms with Crippen LogP contribution in [0, 0.1) is 0 Å². The third-order valence-corrected chi connectivity index (χ3v) is 3.97. The van der Waals surface area contributed by atoms with Gasteiger partial charge in [0.25, 0.3) is 0 Å². The van der Waals surface area contributed by atoms with Gasteiger partial charge in [-0.05, 0) is 36.8 Å². The van der Waals surface area contributed by atoms with Crippen LogP contribution in [-0.2, 0) is 6.42 Å². The van der Waals surface area contributed by atoms with Crippen molar-refractivity contribution < 1.29 is 14.2 Å². The summed E-state index contributed by atoms with van der Waals surface area (Å²) in [4.78, 5) is 9.27. The van der Waals surface area contributed by atoms with Crippen molar-refractivity contribution >= 4 is 10.9 Å². The summed E-state index contributed by atoms with van der Waals surface area (Å²) in [6.07, 6.45) is 2.63. The van der Waals surface area contributed by atoms with Crippen LogP contribution in [0.2, 0.25) is 0 Å². The fraction of sp³-hybridized carbons (Fsp3) is 0.263. The molecule has 5 nitrogen and oxygen atoms in total. The van der Waals surface area contributed by atoms with Crippen LogP contribution in [0.1, 0.15) is 12.6 Å². The van der Waals surface area contributed by atoms with Gasteiger partial charge in [0, 0.05) is 17.1 Å². The molecule has 0 aliphatic heterocycles. The average Bonchev–Trinajstić information content (AvgIpc) is 2.65. The monoisotopic (exact) mass is 324 g/mol. The second-order valence-corrected chi connectivity index (χ2v) is 5.29. The van der Waals surface area contributed by atoms with E-state index < -0.39 is 0 Å². The number of rotatable bonds is 5. The van der Waals surface area contributed by atoms with E-state index in [1.165, 1.54) is 0 Å². The lowest BCUT2D eigenvalue weighted by molar-refractivity contribution is 0.324. The third kappa shape index (κ3) is 2.73. The van der Waals surface area contributed by atoms with Gasteiger partial charge >= 0.3 is 0 Å². The number of aromatic nitrogens is 2. The molecule has 0 aliphatic carbocycles. The van der Waals surface area contributed by atoms with Crippen LogP contribution >= 0.6 is 0 Å². The van der Waals surface area contributed by atoms with Crippen LogP contribution in [-0.4, -0.2) is 31.3 Å². The van der Waals surface area contributed by atoms with Gasteiger partial charge in [-0.3, -0.25) is 9.97 Å². The summed E-state index contributed by atoms with van der Waals surface area (Å²) in [7, 11) is 4.80. The van der Waals surface area contributed by atoms with Crippen molar-refractivity contribution in [1.82, 2.24) is 9.97 Å². The smallest absolute Gasteiger partial charge is 0.203 e. The maximum absolute atomic E-state index is 5.44. The van der Waals surface area contributed by atoms with Crippen LogP contribution in [0.5, 0.6) is 17.2 Å². The summed E-state index contributed by atoms with van der Waals surface area (Å²) in [5, 5.41) is 1.08. The predicted octanol–water partition coefficient (Wildman–Crippen LogP) is 3.89. The second-order valence-electron chi connectivity index (χ2n) is 5.29. The topological polar surface area (TPSA) is 53.5 Å². The fourth-order valence-corrected chi connectivity index (χ4v) is 2.79. The molecule has 0 N–H and O–H groups in total. The van der Waals surface area contributed by atoms with Crippen molar-refractivity contribution in [2.75, 3.05) is 21.3 Å². The minimum atomic E-state index is 0.568. The van der Waals surface area contributed by atoms with Crippen LogP contribution in [0.25, 0.3) is 22.2 Å². The Hall–Kier alpha value is -2.82. The quantitative estimate of drug-likeness (QED) is 0.713.